The van der Waals surface area contributed by atoms with Crippen LogP contribution in [0.1, 0.15) is 44.0 Å². The van der Waals surface area contributed by atoms with E-state index >= 15 is 0 Å². The Kier molecular flexibility index (Phi) is 5.49. The van der Waals surface area contributed by atoms with Crippen LogP contribution in [0.15, 0.2) is 18.2 Å². The molecule has 0 aliphatic heterocycles. The summed E-state index contributed by atoms with van der Waals surface area (Å²) in [6.45, 7) is 6.31. The highest BCUT2D eigenvalue weighted by atomic mass is 16.5. The fourth-order valence-corrected chi connectivity index (χ4v) is 1.39. The van der Waals surface area contributed by atoms with Crippen molar-refractivity contribution >= 4 is 11.7 Å². The number of nitrogens with two attached hydrogens (primary N) is 1. The highest BCUT2D eigenvalue weighted by Crippen LogP contribution is 2.23. The highest BCUT2D eigenvalue weighted by Gasteiger charge is 2.11. The molecule has 0 saturated heterocycles. The van der Waals surface area contributed by atoms with Crippen molar-refractivity contribution in [3.8, 4) is 5.75 Å². The summed E-state index contributed by atoms with van der Waals surface area (Å²) in [7, 11) is 0. The van der Waals surface area contributed by atoms with Gasteiger partial charge < -0.3 is 15.2 Å². The number of ether oxygens (including phenoxy) is 2. The van der Waals surface area contributed by atoms with Gasteiger partial charge in [0.05, 0.1) is 24.0 Å². The Morgan fingerprint density at radius 1 is 1.39 bits per heavy atom. The minimum Gasteiger partial charge on any atom is -0.491 e. The monoisotopic (exact) mass is 251 g/mol. The number of carbonyl (C=O) groups excluding carboxylic acids is 1. The third kappa shape index (κ3) is 4.28. The third-order valence-corrected chi connectivity index (χ3v) is 2.35. The van der Waals surface area contributed by atoms with Gasteiger partial charge >= 0.3 is 5.97 Å². The predicted molar refractivity (Wildman–Crippen MR) is 71.8 cm³/mol. The largest absolute Gasteiger partial charge is 0.491 e. The molecule has 4 heteroatoms. The molecular formula is C14H21NO3. The molecule has 2 N–H and O–H groups in total. The lowest BCUT2D eigenvalue weighted by Crippen LogP contribution is -2.12. The van der Waals surface area contributed by atoms with Crippen LogP contribution in [0, 0.1) is 0 Å². The van der Waals surface area contributed by atoms with Crippen LogP contribution in [0.4, 0.5) is 5.69 Å². The van der Waals surface area contributed by atoms with E-state index < -0.39 is 0 Å². The van der Waals surface area contributed by atoms with E-state index in [0.29, 0.717) is 23.6 Å². The Bertz CT molecular complexity index is 402. The quantitative estimate of drug-likeness (QED) is 0.479. The molecule has 0 bridgehead atoms. The van der Waals surface area contributed by atoms with Crippen LogP contribution in [0.5, 0.6) is 5.75 Å². The molecule has 0 aliphatic carbocycles. The van der Waals surface area contributed by atoms with E-state index in [2.05, 4.69) is 6.92 Å². The van der Waals surface area contributed by atoms with Crippen LogP contribution in [-0.4, -0.2) is 18.7 Å². The molecule has 0 atom stereocenters. The molecule has 0 amide bonds. The average molecular weight is 251 g/mol. The zero-order valence-electron chi connectivity index (χ0n) is 11.2. The summed E-state index contributed by atoms with van der Waals surface area (Å²) >= 11 is 0. The van der Waals surface area contributed by atoms with Gasteiger partial charge in [0.1, 0.15) is 5.75 Å². The van der Waals surface area contributed by atoms with Gasteiger partial charge in [0.15, 0.2) is 0 Å². The molecule has 0 spiro atoms. The molecular weight excluding hydrogens is 230 g/mol. The van der Waals surface area contributed by atoms with E-state index in [-0.39, 0.29) is 12.1 Å². The first-order valence-electron chi connectivity index (χ1n) is 6.28. The molecule has 1 aromatic rings. The van der Waals surface area contributed by atoms with Crippen molar-refractivity contribution in [2.45, 2.75) is 39.7 Å². The zero-order valence-corrected chi connectivity index (χ0v) is 11.2. The van der Waals surface area contributed by atoms with Gasteiger partial charge in [-0.3, -0.25) is 0 Å². The fourth-order valence-electron chi connectivity index (χ4n) is 1.39. The topological polar surface area (TPSA) is 61.5 Å². The summed E-state index contributed by atoms with van der Waals surface area (Å²) in [6, 6.07) is 4.95. The van der Waals surface area contributed by atoms with E-state index in [1.54, 1.807) is 18.2 Å². The Balaban J connectivity index is 2.76. The van der Waals surface area contributed by atoms with Gasteiger partial charge in [0, 0.05) is 0 Å². The van der Waals surface area contributed by atoms with Gasteiger partial charge in [-0.1, -0.05) is 13.3 Å². The molecule has 0 fully saturated rings. The number of hydrogen-bond acceptors (Lipinski definition) is 4. The second-order valence-corrected chi connectivity index (χ2v) is 4.41. The lowest BCUT2D eigenvalue weighted by atomic mass is 10.2. The first-order chi connectivity index (χ1) is 8.54. The number of carbonyl (C=O) groups is 1. The molecule has 0 heterocycles. The number of esters is 1. The standard InChI is InChI=1S/C14H21NO3/c1-4-5-8-17-13-9-11(6-7-12(13)15)14(16)18-10(2)3/h6-7,9-10H,4-5,8,15H2,1-3H3. The van der Waals surface area contributed by atoms with Crippen molar-refractivity contribution in [2.75, 3.05) is 12.3 Å². The molecule has 0 unspecified atom stereocenters. The Morgan fingerprint density at radius 3 is 2.72 bits per heavy atom. The molecule has 100 valence electrons. The normalized spacial score (nSPS) is 10.4. The first-order valence-corrected chi connectivity index (χ1v) is 6.28. The van der Waals surface area contributed by atoms with Crippen LogP contribution < -0.4 is 10.5 Å². The molecule has 1 aromatic carbocycles. The minimum absolute atomic E-state index is 0.139. The summed E-state index contributed by atoms with van der Waals surface area (Å²) in [4.78, 5) is 11.7. The Hall–Kier alpha value is -1.71. The second kappa shape index (κ2) is 6.89. The van der Waals surface area contributed by atoms with Gasteiger partial charge in [-0.2, -0.15) is 0 Å². The van der Waals surface area contributed by atoms with Crippen LogP contribution in [-0.2, 0) is 4.74 Å². The molecule has 1 rings (SSSR count). The van der Waals surface area contributed by atoms with Crippen molar-refractivity contribution in [1.29, 1.82) is 0 Å². The van der Waals surface area contributed by atoms with Gasteiger partial charge in [-0.25, -0.2) is 4.79 Å². The summed E-state index contributed by atoms with van der Waals surface area (Å²) in [6.07, 6.45) is 1.87. The molecule has 0 aromatic heterocycles. The third-order valence-electron chi connectivity index (χ3n) is 2.35. The number of unbranched alkanes of at least 4 members (excludes halogenated alkanes) is 1. The van der Waals surface area contributed by atoms with Gasteiger partial charge in [-0.05, 0) is 38.5 Å². The molecule has 0 radical (unpaired) electrons. The number of benzene rings is 1. The van der Waals surface area contributed by atoms with E-state index in [9.17, 15) is 4.79 Å². The van der Waals surface area contributed by atoms with E-state index in [4.69, 9.17) is 15.2 Å². The van der Waals surface area contributed by atoms with Crippen LogP contribution >= 0.6 is 0 Å². The van der Waals surface area contributed by atoms with Crippen molar-refractivity contribution in [2.24, 2.45) is 0 Å². The van der Waals surface area contributed by atoms with Crippen LogP contribution in [0.25, 0.3) is 0 Å². The van der Waals surface area contributed by atoms with E-state index in [1.807, 2.05) is 13.8 Å². The summed E-state index contributed by atoms with van der Waals surface area (Å²) < 4.78 is 10.7. The van der Waals surface area contributed by atoms with Gasteiger partial charge in [0.25, 0.3) is 0 Å². The molecule has 4 nitrogen and oxygen atoms in total. The van der Waals surface area contributed by atoms with Crippen molar-refractivity contribution in [3.63, 3.8) is 0 Å². The van der Waals surface area contributed by atoms with E-state index in [1.165, 1.54) is 0 Å². The second-order valence-electron chi connectivity index (χ2n) is 4.41. The van der Waals surface area contributed by atoms with Gasteiger partial charge in [0.2, 0.25) is 0 Å². The van der Waals surface area contributed by atoms with Crippen molar-refractivity contribution in [1.82, 2.24) is 0 Å². The maximum Gasteiger partial charge on any atom is 0.338 e. The maximum absolute atomic E-state index is 11.7. The molecule has 18 heavy (non-hydrogen) atoms. The minimum atomic E-state index is -0.356. The maximum atomic E-state index is 11.7. The van der Waals surface area contributed by atoms with Crippen LogP contribution in [0.3, 0.4) is 0 Å². The predicted octanol–water partition coefficient (Wildman–Crippen LogP) is 3.01. The summed E-state index contributed by atoms with van der Waals surface area (Å²) in [5.41, 5.74) is 6.79. The number of nitrogen functional groups attached to an aromatic ring is 1. The van der Waals surface area contributed by atoms with E-state index in [0.717, 1.165) is 12.8 Å². The highest BCUT2D eigenvalue weighted by molar-refractivity contribution is 5.90. The number of hydrogen-bond donors (Lipinski definition) is 1. The lowest BCUT2D eigenvalue weighted by Gasteiger charge is -2.11. The van der Waals surface area contributed by atoms with Crippen molar-refractivity contribution in [3.05, 3.63) is 23.8 Å². The average Bonchev–Trinajstić information content (AvgIpc) is 2.30. The Labute approximate surface area is 108 Å². The van der Waals surface area contributed by atoms with Crippen molar-refractivity contribution < 1.29 is 14.3 Å². The molecule has 0 aliphatic rings. The van der Waals surface area contributed by atoms with Gasteiger partial charge in [-0.15, -0.1) is 0 Å². The fraction of sp³-hybridized carbons (Fsp3) is 0.500. The smallest absolute Gasteiger partial charge is 0.338 e. The summed E-state index contributed by atoms with van der Waals surface area (Å²) in [5.74, 6) is 0.187. The lowest BCUT2D eigenvalue weighted by molar-refractivity contribution is 0.0377. The zero-order chi connectivity index (χ0) is 13.5. The Morgan fingerprint density at radius 2 is 2.11 bits per heavy atom. The number of anilines is 1. The summed E-state index contributed by atoms with van der Waals surface area (Å²) in [5, 5.41) is 0. The SMILES string of the molecule is CCCCOc1cc(C(=O)OC(C)C)ccc1N. The molecule has 0 saturated carbocycles. The van der Waals surface area contributed by atoms with Crippen LogP contribution in [0.2, 0.25) is 0 Å². The first kappa shape index (κ1) is 14.4. The number of rotatable bonds is 6.